The van der Waals surface area contributed by atoms with Crippen molar-refractivity contribution in [2.75, 3.05) is 39.9 Å². The molecule has 1 aromatic rings. The zero-order valence-electron chi connectivity index (χ0n) is 16.9. The molecule has 156 valence electrons. The van der Waals surface area contributed by atoms with Gasteiger partial charge in [0.25, 0.3) is 5.91 Å². The molecule has 0 aliphatic carbocycles. The molecule has 2 N–H and O–H groups in total. The zero-order chi connectivity index (χ0) is 20.2. The Labute approximate surface area is 171 Å². The van der Waals surface area contributed by atoms with Gasteiger partial charge in [-0.1, -0.05) is 0 Å². The standard InChI is InChI=1S/C22H29N3O4/c1-28-18-6-7-20-16(11-18)10-17(14-29-20)22(27)25-9-3-4-15(13-25)12-24-21(26)19-5-2-8-23-19/h6-7,10-11,15,19,23H,2-5,8-9,12-14H2,1H3,(H,24,26). The van der Waals surface area contributed by atoms with Gasteiger partial charge in [-0.25, -0.2) is 0 Å². The summed E-state index contributed by atoms with van der Waals surface area (Å²) in [6.07, 6.45) is 5.84. The predicted octanol–water partition coefficient (Wildman–Crippen LogP) is 1.58. The van der Waals surface area contributed by atoms with Crippen LogP contribution in [0.3, 0.4) is 0 Å². The van der Waals surface area contributed by atoms with Gasteiger partial charge in [-0.3, -0.25) is 9.59 Å². The number of methoxy groups -OCH3 is 1. The Bertz CT molecular complexity index is 801. The highest BCUT2D eigenvalue weighted by atomic mass is 16.5. The molecule has 0 saturated carbocycles. The summed E-state index contributed by atoms with van der Waals surface area (Å²) >= 11 is 0. The average molecular weight is 399 g/mol. The monoisotopic (exact) mass is 399 g/mol. The van der Waals surface area contributed by atoms with E-state index in [2.05, 4.69) is 10.6 Å². The van der Waals surface area contributed by atoms with Crippen LogP contribution in [0.4, 0.5) is 0 Å². The topological polar surface area (TPSA) is 79.9 Å². The van der Waals surface area contributed by atoms with Gasteiger partial charge >= 0.3 is 0 Å². The molecular weight excluding hydrogens is 370 g/mol. The molecule has 3 heterocycles. The summed E-state index contributed by atoms with van der Waals surface area (Å²) in [7, 11) is 1.62. The minimum atomic E-state index is -0.0575. The number of benzene rings is 1. The van der Waals surface area contributed by atoms with E-state index in [1.54, 1.807) is 7.11 Å². The van der Waals surface area contributed by atoms with Crippen LogP contribution < -0.4 is 20.1 Å². The van der Waals surface area contributed by atoms with E-state index in [-0.39, 0.29) is 30.4 Å². The van der Waals surface area contributed by atoms with Gasteiger partial charge in [0, 0.05) is 25.2 Å². The van der Waals surface area contributed by atoms with Gasteiger partial charge in [-0.05, 0) is 62.4 Å². The first-order valence-corrected chi connectivity index (χ1v) is 10.5. The number of fused-ring (bicyclic) bond motifs is 1. The van der Waals surface area contributed by atoms with Crippen LogP contribution in [0.5, 0.6) is 11.5 Å². The number of piperidine rings is 1. The summed E-state index contributed by atoms with van der Waals surface area (Å²) < 4.78 is 11.0. The fraction of sp³-hybridized carbons (Fsp3) is 0.545. The van der Waals surface area contributed by atoms with Crippen molar-refractivity contribution in [1.29, 1.82) is 0 Å². The highest BCUT2D eigenvalue weighted by molar-refractivity contribution is 5.99. The molecule has 0 spiro atoms. The van der Waals surface area contributed by atoms with Gasteiger partial charge in [0.1, 0.15) is 18.1 Å². The van der Waals surface area contributed by atoms with Crippen LogP contribution >= 0.6 is 0 Å². The smallest absolute Gasteiger partial charge is 0.253 e. The van der Waals surface area contributed by atoms with Crippen molar-refractivity contribution in [2.45, 2.75) is 31.7 Å². The van der Waals surface area contributed by atoms with E-state index in [0.717, 1.165) is 55.8 Å². The summed E-state index contributed by atoms with van der Waals surface area (Å²) in [4.78, 5) is 27.2. The molecule has 2 fully saturated rings. The molecule has 3 aliphatic rings. The number of amides is 2. The zero-order valence-corrected chi connectivity index (χ0v) is 16.9. The van der Waals surface area contributed by atoms with Gasteiger partial charge in [0.05, 0.1) is 18.7 Å². The third-order valence-electron chi connectivity index (χ3n) is 5.95. The van der Waals surface area contributed by atoms with E-state index in [9.17, 15) is 9.59 Å². The summed E-state index contributed by atoms with van der Waals surface area (Å²) in [5.41, 5.74) is 1.52. The first-order chi connectivity index (χ1) is 14.1. The maximum atomic E-state index is 13.1. The number of carbonyl (C=O) groups excluding carboxylic acids is 2. The van der Waals surface area contributed by atoms with Crippen molar-refractivity contribution in [3.8, 4) is 11.5 Å². The normalized spacial score (nSPS) is 23.6. The minimum absolute atomic E-state index is 0.0203. The molecule has 29 heavy (non-hydrogen) atoms. The van der Waals surface area contributed by atoms with Gasteiger partial charge in [0.15, 0.2) is 0 Å². The Kier molecular flexibility index (Phi) is 6.04. The molecule has 0 radical (unpaired) electrons. The lowest BCUT2D eigenvalue weighted by Gasteiger charge is -2.34. The number of likely N-dealkylation sites (tertiary alicyclic amines) is 1. The molecule has 1 aromatic carbocycles. The van der Waals surface area contributed by atoms with Crippen LogP contribution in [0, 0.1) is 5.92 Å². The molecular formula is C22H29N3O4. The van der Waals surface area contributed by atoms with Crippen LogP contribution in [-0.4, -0.2) is 62.7 Å². The van der Waals surface area contributed by atoms with Crippen LogP contribution in [0.1, 0.15) is 31.2 Å². The Balaban J connectivity index is 1.36. The van der Waals surface area contributed by atoms with Crippen LogP contribution in [0.2, 0.25) is 0 Å². The van der Waals surface area contributed by atoms with Crippen LogP contribution in [0.15, 0.2) is 23.8 Å². The van der Waals surface area contributed by atoms with Gasteiger partial charge in [-0.15, -0.1) is 0 Å². The Morgan fingerprint density at radius 2 is 2.21 bits per heavy atom. The van der Waals surface area contributed by atoms with Crippen molar-refractivity contribution in [2.24, 2.45) is 5.92 Å². The number of nitrogens with one attached hydrogen (secondary N) is 2. The van der Waals surface area contributed by atoms with Crippen molar-refractivity contribution in [3.63, 3.8) is 0 Å². The van der Waals surface area contributed by atoms with Gasteiger partial charge in [-0.2, -0.15) is 0 Å². The quantitative estimate of drug-likeness (QED) is 0.786. The molecule has 0 aromatic heterocycles. The minimum Gasteiger partial charge on any atom is -0.497 e. The first-order valence-electron chi connectivity index (χ1n) is 10.5. The molecule has 7 nitrogen and oxygen atoms in total. The summed E-state index contributed by atoms with van der Waals surface area (Å²) in [5.74, 6) is 1.90. The lowest BCUT2D eigenvalue weighted by molar-refractivity contribution is -0.129. The second kappa shape index (κ2) is 8.86. The van der Waals surface area contributed by atoms with E-state index >= 15 is 0 Å². The molecule has 3 aliphatic heterocycles. The van der Waals surface area contributed by atoms with E-state index in [1.165, 1.54) is 0 Å². The number of rotatable bonds is 5. The number of hydrogen-bond acceptors (Lipinski definition) is 5. The average Bonchev–Trinajstić information content (AvgIpc) is 3.31. The molecule has 7 heteroatoms. The molecule has 2 unspecified atom stereocenters. The van der Waals surface area contributed by atoms with E-state index in [1.807, 2.05) is 29.2 Å². The molecule has 4 rings (SSSR count). The van der Waals surface area contributed by atoms with Crippen molar-refractivity contribution in [1.82, 2.24) is 15.5 Å². The third-order valence-corrected chi connectivity index (χ3v) is 5.95. The first kappa shape index (κ1) is 19.8. The van der Waals surface area contributed by atoms with E-state index in [4.69, 9.17) is 9.47 Å². The predicted molar refractivity (Wildman–Crippen MR) is 110 cm³/mol. The van der Waals surface area contributed by atoms with Gasteiger partial charge in [0.2, 0.25) is 5.91 Å². The van der Waals surface area contributed by atoms with E-state index in [0.29, 0.717) is 18.7 Å². The number of nitrogens with zero attached hydrogens (tertiary/aromatic N) is 1. The third kappa shape index (κ3) is 4.56. The summed E-state index contributed by atoms with van der Waals surface area (Å²) in [5, 5.41) is 6.29. The molecule has 0 bridgehead atoms. The number of carbonyl (C=O) groups is 2. The van der Waals surface area contributed by atoms with Crippen molar-refractivity contribution < 1.29 is 19.1 Å². The highest BCUT2D eigenvalue weighted by Gasteiger charge is 2.29. The summed E-state index contributed by atoms with van der Waals surface area (Å²) in [6.45, 7) is 3.23. The van der Waals surface area contributed by atoms with Crippen molar-refractivity contribution in [3.05, 3.63) is 29.3 Å². The van der Waals surface area contributed by atoms with Crippen LogP contribution in [0.25, 0.3) is 6.08 Å². The molecule has 2 atom stereocenters. The van der Waals surface area contributed by atoms with Crippen LogP contribution in [-0.2, 0) is 9.59 Å². The maximum absolute atomic E-state index is 13.1. The van der Waals surface area contributed by atoms with Crippen molar-refractivity contribution >= 4 is 17.9 Å². The molecule has 2 saturated heterocycles. The number of hydrogen-bond donors (Lipinski definition) is 2. The fourth-order valence-electron chi connectivity index (χ4n) is 4.30. The second-order valence-electron chi connectivity index (χ2n) is 8.02. The molecule has 2 amide bonds. The number of ether oxygens (including phenoxy) is 2. The fourth-order valence-corrected chi connectivity index (χ4v) is 4.30. The Morgan fingerprint density at radius 1 is 1.31 bits per heavy atom. The Hall–Kier alpha value is -2.54. The SMILES string of the molecule is COc1ccc2c(c1)C=C(C(=O)N1CCCC(CNC(=O)C3CCCN3)C1)CO2. The second-order valence-corrected chi connectivity index (χ2v) is 8.02. The summed E-state index contributed by atoms with van der Waals surface area (Å²) in [6, 6.07) is 5.54. The Morgan fingerprint density at radius 3 is 3.00 bits per heavy atom. The highest BCUT2D eigenvalue weighted by Crippen LogP contribution is 2.31. The largest absolute Gasteiger partial charge is 0.497 e. The lowest BCUT2D eigenvalue weighted by atomic mass is 9.96. The van der Waals surface area contributed by atoms with E-state index < -0.39 is 0 Å². The van der Waals surface area contributed by atoms with Gasteiger partial charge < -0.3 is 25.0 Å². The lowest BCUT2D eigenvalue weighted by Crippen LogP contribution is -2.47. The maximum Gasteiger partial charge on any atom is 0.253 e.